The van der Waals surface area contributed by atoms with Gasteiger partial charge in [0, 0.05) is 18.5 Å². The molecule has 0 bridgehead atoms. The number of piperidine rings is 1. The number of rotatable bonds is 3. The van der Waals surface area contributed by atoms with Gasteiger partial charge in [-0.2, -0.15) is 0 Å². The van der Waals surface area contributed by atoms with Crippen molar-refractivity contribution in [2.24, 2.45) is 0 Å². The maximum absolute atomic E-state index is 10.1. The maximum atomic E-state index is 10.1. The Balaban J connectivity index is 1.67. The van der Waals surface area contributed by atoms with Gasteiger partial charge >= 0.3 is 0 Å². The molecule has 0 saturated carbocycles. The Labute approximate surface area is 116 Å². The maximum Gasteiger partial charge on any atom is 0.162 e. The number of β-amino-alcohol motifs (C(OH)–C–C–N with tert-alkyl or cyclic N) is 1. The van der Waals surface area contributed by atoms with Crippen molar-refractivity contribution in [1.82, 2.24) is 9.88 Å². The summed E-state index contributed by atoms with van der Waals surface area (Å²) in [5.41, 5.74) is 0.493. The molecule has 1 saturated heterocycles. The first-order valence-corrected chi connectivity index (χ1v) is 7.43. The van der Waals surface area contributed by atoms with E-state index in [1.165, 1.54) is 0 Å². The zero-order valence-electron chi connectivity index (χ0n) is 11.0. The second-order valence-electron chi connectivity index (χ2n) is 5.43. The van der Waals surface area contributed by atoms with Gasteiger partial charge in [-0.15, -0.1) is 11.3 Å². The largest absolute Gasteiger partial charge is 0.462 e. The summed E-state index contributed by atoms with van der Waals surface area (Å²) >= 11 is 1.60. The van der Waals surface area contributed by atoms with E-state index in [0.717, 1.165) is 48.9 Å². The van der Waals surface area contributed by atoms with Crippen molar-refractivity contribution in [2.45, 2.75) is 31.9 Å². The van der Waals surface area contributed by atoms with Crippen molar-refractivity contribution in [2.75, 3.05) is 13.1 Å². The van der Waals surface area contributed by atoms with Crippen molar-refractivity contribution < 1.29 is 9.52 Å². The van der Waals surface area contributed by atoms with Gasteiger partial charge in [-0.1, -0.05) is 0 Å². The number of thiazole rings is 1. The fourth-order valence-corrected chi connectivity index (χ4v) is 3.36. The fraction of sp³-hybridized carbons (Fsp3) is 0.500. The van der Waals surface area contributed by atoms with Crippen LogP contribution < -0.4 is 0 Å². The van der Waals surface area contributed by atoms with Gasteiger partial charge in [0.2, 0.25) is 0 Å². The first-order chi connectivity index (χ1) is 9.12. The van der Waals surface area contributed by atoms with Crippen LogP contribution in [0.3, 0.4) is 0 Å². The smallest absolute Gasteiger partial charge is 0.162 e. The highest BCUT2D eigenvalue weighted by molar-refractivity contribution is 7.13. The van der Waals surface area contributed by atoms with Gasteiger partial charge in [0.05, 0.1) is 17.6 Å². The zero-order chi connectivity index (χ0) is 13.3. The van der Waals surface area contributed by atoms with Crippen molar-refractivity contribution in [3.8, 4) is 10.8 Å². The number of hydrogen-bond acceptors (Lipinski definition) is 5. The Kier molecular flexibility index (Phi) is 3.43. The van der Waals surface area contributed by atoms with E-state index in [2.05, 4.69) is 15.3 Å². The highest BCUT2D eigenvalue weighted by atomic mass is 32.1. The summed E-state index contributed by atoms with van der Waals surface area (Å²) in [7, 11) is 0. The monoisotopic (exact) mass is 278 g/mol. The Morgan fingerprint density at radius 1 is 1.58 bits per heavy atom. The zero-order valence-corrected chi connectivity index (χ0v) is 11.8. The Morgan fingerprint density at radius 2 is 2.47 bits per heavy atom. The average molecular weight is 278 g/mol. The van der Waals surface area contributed by atoms with Gasteiger partial charge in [-0.05, 0) is 38.4 Å². The molecule has 1 aliphatic rings. The van der Waals surface area contributed by atoms with Crippen LogP contribution in [0.15, 0.2) is 28.2 Å². The fourth-order valence-electron chi connectivity index (χ4n) is 2.58. The van der Waals surface area contributed by atoms with Gasteiger partial charge in [0.25, 0.3) is 0 Å². The number of aromatic nitrogens is 1. The van der Waals surface area contributed by atoms with Crippen LogP contribution >= 0.6 is 11.3 Å². The summed E-state index contributed by atoms with van der Waals surface area (Å²) < 4.78 is 5.35. The second kappa shape index (κ2) is 5.07. The van der Waals surface area contributed by atoms with Crippen LogP contribution in [0.25, 0.3) is 10.8 Å². The molecule has 1 unspecified atom stereocenters. The molecule has 5 heteroatoms. The molecule has 1 aliphatic heterocycles. The van der Waals surface area contributed by atoms with E-state index in [-0.39, 0.29) is 0 Å². The van der Waals surface area contributed by atoms with E-state index in [1.54, 1.807) is 17.6 Å². The molecule has 102 valence electrons. The van der Waals surface area contributed by atoms with E-state index < -0.39 is 5.60 Å². The van der Waals surface area contributed by atoms with Gasteiger partial charge in [-0.3, -0.25) is 4.90 Å². The third-order valence-electron chi connectivity index (χ3n) is 3.42. The van der Waals surface area contributed by atoms with E-state index in [1.807, 2.05) is 19.1 Å². The predicted molar refractivity (Wildman–Crippen MR) is 75.0 cm³/mol. The molecule has 0 aromatic carbocycles. The van der Waals surface area contributed by atoms with Gasteiger partial charge < -0.3 is 9.52 Å². The standard InChI is InChI=1S/C14H18N2O2S/c1-14(17)5-3-6-16(10-14)8-11-9-19-13(15-11)12-4-2-7-18-12/h2,4,7,9,17H,3,5-6,8,10H2,1H3. The average Bonchev–Trinajstić information content (AvgIpc) is 2.96. The Bertz CT molecular complexity index is 533. The Hall–Kier alpha value is -1.17. The molecule has 0 spiro atoms. The molecule has 3 rings (SSSR count). The minimum absolute atomic E-state index is 0.557. The molecule has 4 nitrogen and oxygen atoms in total. The molecule has 1 fully saturated rings. The minimum Gasteiger partial charge on any atom is -0.462 e. The molecule has 1 N–H and O–H groups in total. The quantitative estimate of drug-likeness (QED) is 0.938. The van der Waals surface area contributed by atoms with E-state index in [4.69, 9.17) is 4.42 Å². The lowest BCUT2D eigenvalue weighted by Crippen LogP contribution is -2.45. The van der Waals surface area contributed by atoms with Crippen molar-refractivity contribution >= 4 is 11.3 Å². The molecule has 3 heterocycles. The summed E-state index contributed by atoms with van der Waals surface area (Å²) in [6.07, 6.45) is 3.60. The van der Waals surface area contributed by atoms with Gasteiger partial charge in [-0.25, -0.2) is 4.98 Å². The SMILES string of the molecule is CC1(O)CCCN(Cc2csc(-c3ccco3)n2)C1. The first kappa shape index (κ1) is 12.8. The predicted octanol–water partition coefficient (Wildman–Crippen LogP) is 2.75. The second-order valence-corrected chi connectivity index (χ2v) is 6.29. The van der Waals surface area contributed by atoms with E-state index in [0.29, 0.717) is 0 Å². The van der Waals surface area contributed by atoms with Gasteiger partial charge in [0.1, 0.15) is 0 Å². The van der Waals surface area contributed by atoms with Crippen molar-refractivity contribution in [3.05, 3.63) is 29.5 Å². The molecule has 2 aromatic heterocycles. The summed E-state index contributed by atoms with van der Waals surface area (Å²) in [5.74, 6) is 0.821. The van der Waals surface area contributed by atoms with Gasteiger partial charge in [0.15, 0.2) is 10.8 Å². The third-order valence-corrected chi connectivity index (χ3v) is 4.33. The topological polar surface area (TPSA) is 49.5 Å². The highest BCUT2D eigenvalue weighted by Crippen LogP contribution is 2.26. The number of nitrogens with zero attached hydrogens (tertiary/aromatic N) is 2. The minimum atomic E-state index is -0.557. The van der Waals surface area contributed by atoms with E-state index >= 15 is 0 Å². The van der Waals surface area contributed by atoms with E-state index in [9.17, 15) is 5.11 Å². The number of likely N-dealkylation sites (tertiary alicyclic amines) is 1. The molecular weight excluding hydrogens is 260 g/mol. The number of hydrogen-bond donors (Lipinski definition) is 1. The van der Waals surface area contributed by atoms with Crippen LogP contribution in [-0.4, -0.2) is 33.7 Å². The third kappa shape index (κ3) is 3.05. The summed E-state index contributed by atoms with van der Waals surface area (Å²) in [4.78, 5) is 6.86. The lowest BCUT2D eigenvalue weighted by molar-refractivity contribution is -0.0184. The van der Waals surface area contributed by atoms with Crippen LogP contribution in [0.5, 0.6) is 0 Å². The molecule has 0 aliphatic carbocycles. The summed E-state index contributed by atoms with van der Waals surface area (Å²) in [6, 6.07) is 3.80. The molecular formula is C14H18N2O2S. The lowest BCUT2D eigenvalue weighted by atomic mass is 9.95. The first-order valence-electron chi connectivity index (χ1n) is 6.55. The lowest BCUT2D eigenvalue weighted by Gasteiger charge is -2.36. The molecule has 2 aromatic rings. The van der Waals surface area contributed by atoms with Crippen LogP contribution in [0.2, 0.25) is 0 Å². The Morgan fingerprint density at radius 3 is 3.21 bits per heavy atom. The molecule has 19 heavy (non-hydrogen) atoms. The number of furan rings is 1. The van der Waals surface area contributed by atoms with Crippen molar-refractivity contribution in [1.29, 1.82) is 0 Å². The molecule has 0 amide bonds. The highest BCUT2D eigenvalue weighted by Gasteiger charge is 2.28. The number of aliphatic hydroxyl groups is 1. The van der Waals surface area contributed by atoms with Crippen LogP contribution in [0.4, 0.5) is 0 Å². The molecule has 1 atom stereocenters. The summed E-state index contributed by atoms with van der Waals surface area (Å²) in [5, 5.41) is 13.1. The summed E-state index contributed by atoms with van der Waals surface area (Å²) in [6.45, 7) is 4.46. The van der Waals surface area contributed by atoms with Crippen LogP contribution in [0, 0.1) is 0 Å². The molecule has 0 radical (unpaired) electrons. The van der Waals surface area contributed by atoms with Crippen molar-refractivity contribution in [3.63, 3.8) is 0 Å². The normalized spacial score (nSPS) is 24.7. The van der Waals surface area contributed by atoms with Crippen LogP contribution in [0.1, 0.15) is 25.5 Å². The van der Waals surface area contributed by atoms with Crippen LogP contribution in [-0.2, 0) is 6.54 Å².